The van der Waals surface area contributed by atoms with Crippen LogP contribution in [0.15, 0.2) is 60.7 Å². The van der Waals surface area contributed by atoms with Crippen molar-refractivity contribution in [1.82, 2.24) is 0 Å². The summed E-state index contributed by atoms with van der Waals surface area (Å²) in [5, 5.41) is 11.2. The van der Waals surface area contributed by atoms with Crippen molar-refractivity contribution < 1.29 is 4.74 Å². The predicted octanol–water partition coefficient (Wildman–Crippen LogP) is 4.78. The van der Waals surface area contributed by atoms with Gasteiger partial charge in [-0.25, -0.2) is 0 Å². The smallest absolute Gasteiger partial charge is 0.119 e. The van der Waals surface area contributed by atoms with Crippen LogP contribution >= 0.6 is 0 Å². The standard InChI is InChI=1S/C19H15NO/c1-2-21-19-10-9-17-11-16(7-8-18(17)12-19)15-5-3-14(13-20)4-6-15/h3-12H,2H2,1H3. The Morgan fingerprint density at radius 3 is 2.24 bits per heavy atom. The van der Waals surface area contributed by atoms with Crippen LogP contribution in [0.5, 0.6) is 5.75 Å². The molecule has 0 spiro atoms. The summed E-state index contributed by atoms with van der Waals surface area (Å²) in [6.45, 7) is 2.66. The minimum Gasteiger partial charge on any atom is -0.494 e. The number of ether oxygens (including phenoxy) is 1. The molecule has 0 N–H and O–H groups in total. The second kappa shape index (κ2) is 5.68. The molecule has 2 nitrogen and oxygen atoms in total. The molecule has 0 saturated carbocycles. The van der Waals surface area contributed by atoms with Crippen LogP contribution in [0.1, 0.15) is 12.5 Å². The van der Waals surface area contributed by atoms with Crippen molar-refractivity contribution in [2.75, 3.05) is 6.61 Å². The van der Waals surface area contributed by atoms with Crippen LogP contribution in [-0.2, 0) is 0 Å². The zero-order valence-corrected chi connectivity index (χ0v) is 11.8. The molecule has 102 valence electrons. The van der Waals surface area contributed by atoms with Gasteiger partial charge in [-0.05, 0) is 59.2 Å². The van der Waals surface area contributed by atoms with E-state index < -0.39 is 0 Å². The molecule has 3 aromatic rings. The summed E-state index contributed by atoms with van der Waals surface area (Å²) in [7, 11) is 0. The first-order chi connectivity index (χ1) is 10.3. The lowest BCUT2D eigenvalue weighted by Gasteiger charge is -2.07. The molecule has 3 rings (SSSR count). The Labute approximate surface area is 124 Å². The largest absolute Gasteiger partial charge is 0.494 e. The van der Waals surface area contributed by atoms with Gasteiger partial charge in [0.1, 0.15) is 5.75 Å². The number of nitriles is 1. The van der Waals surface area contributed by atoms with Crippen LogP contribution in [0.2, 0.25) is 0 Å². The van der Waals surface area contributed by atoms with Crippen molar-refractivity contribution >= 4 is 10.8 Å². The normalized spacial score (nSPS) is 10.3. The van der Waals surface area contributed by atoms with Crippen LogP contribution in [0.3, 0.4) is 0 Å². The molecule has 21 heavy (non-hydrogen) atoms. The highest BCUT2D eigenvalue weighted by Gasteiger charge is 2.02. The third-order valence-corrected chi connectivity index (χ3v) is 3.47. The lowest BCUT2D eigenvalue weighted by Crippen LogP contribution is -1.90. The van der Waals surface area contributed by atoms with Crippen molar-refractivity contribution in [1.29, 1.82) is 5.26 Å². The highest BCUT2D eigenvalue weighted by molar-refractivity contribution is 5.88. The fourth-order valence-corrected chi connectivity index (χ4v) is 2.40. The molecular weight excluding hydrogens is 258 g/mol. The Bertz CT molecular complexity index is 813. The minimum absolute atomic E-state index is 0.675. The van der Waals surface area contributed by atoms with Crippen molar-refractivity contribution in [2.24, 2.45) is 0 Å². The van der Waals surface area contributed by atoms with E-state index in [1.54, 1.807) is 0 Å². The van der Waals surface area contributed by atoms with Crippen LogP contribution < -0.4 is 4.74 Å². The average Bonchev–Trinajstić information content (AvgIpc) is 2.55. The molecular formula is C19H15NO. The second-order valence-corrected chi connectivity index (χ2v) is 4.85. The number of hydrogen-bond donors (Lipinski definition) is 0. The zero-order chi connectivity index (χ0) is 14.7. The summed E-state index contributed by atoms with van der Waals surface area (Å²) >= 11 is 0. The van der Waals surface area contributed by atoms with Crippen molar-refractivity contribution in [3.05, 3.63) is 66.2 Å². The van der Waals surface area contributed by atoms with Crippen molar-refractivity contribution in [3.8, 4) is 22.9 Å². The fourth-order valence-electron chi connectivity index (χ4n) is 2.40. The summed E-state index contributed by atoms with van der Waals surface area (Å²) in [5.41, 5.74) is 2.95. The van der Waals surface area contributed by atoms with Gasteiger partial charge in [-0.3, -0.25) is 0 Å². The van der Waals surface area contributed by atoms with E-state index in [2.05, 4.69) is 36.4 Å². The summed E-state index contributed by atoms with van der Waals surface area (Å²) in [6, 6.07) is 22.3. The summed E-state index contributed by atoms with van der Waals surface area (Å²) in [6.07, 6.45) is 0. The Hall–Kier alpha value is -2.79. The van der Waals surface area contributed by atoms with E-state index in [1.807, 2.05) is 37.3 Å². The lowest BCUT2D eigenvalue weighted by molar-refractivity contribution is 0.341. The summed E-state index contributed by atoms with van der Waals surface area (Å²) in [5.74, 6) is 0.899. The second-order valence-electron chi connectivity index (χ2n) is 4.85. The van der Waals surface area contributed by atoms with Gasteiger partial charge in [0, 0.05) is 0 Å². The molecule has 0 atom stereocenters. The van der Waals surface area contributed by atoms with Gasteiger partial charge >= 0.3 is 0 Å². The number of fused-ring (bicyclic) bond motifs is 1. The quantitative estimate of drug-likeness (QED) is 0.688. The molecule has 0 amide bonds. The maximum Gasteiger partial charge on any atom is 0.119 e. The van der Waals surface area contributed by atoms with Gasteiger partial charge in [-0.2, -0.15) is 5.26 Å². The van der Waals surface area contributed by atoms with Gasteiger partial charge in [-0.15, -0.1) is 0 Å². The molecule has 0 radical (unpaired) electrons. The van der Waals surface area contributed by atoms with Gasteiger partial charge in [0.2, 0.25) is 0 Å². The molecule has 0 fully saturated rings. The van der Waals surface area contributed by atoms with Gasteiger partial charge in [0.25, 0.3) is 0 Å². The van der Waals surface area contributed by atoms with Gasteiger partial charge in [-0.1, -0.05) is 30.3 Å². The monoisotopic (exact) mass is 273 g/mol. The molecule has 0 aliphatic rings. The molecule has 0 saturated heterocycles. The van der Waals surface area contributed by atoms with Crippen LogP contribution in [0.25, 0.3) is 21.9 Å². The predicted molar refractivity (Wildman–Crippen MR) is 85.3 cm³/mol. The first-order valence-electron chi connectivity index (χ1n) is 6.97. The molecule has 0 bridgehead atoms. The average molecular weight is 273 g/mol. The first-order valence-corrected chi connectivity index (χ1v) is 6.97. The molecule has 0 aliphatic carbocycles. The fraction of sp³-hybridized carbons (Fsp3) is 0.105. The van der Waals surface area contributed by atoms with Crippen molar-refractivity contribution in [2.45, 2.75) is 6.92 Å². The highest BCUT2D eigenvalue weighted by atomic mass is 16.5. The van der Waals surface area contributed by atoms with Crippen molar-refractivity contribution in [3.63, 3.8) is 0 Å². The van der Waals surface area contributed by atoms with E-state index in [0.29, 0.717) is 12.2 Å². The maximum absolute atomic E-state index is 8.85. The zero-order valence-electron chi connectivity index (χ0n) is 11.8. The summed E-state index contributed by atoms with van der Waals surface area (Å²) < 4.78 is 5.52. The molecule has 0 aliphatic heterocycles. The van der Waals surface area contributed by atoms with Crippen LogP contribution in [-0.4, -0.2) is 6.61 Å². The van der Waals surface area contributed by atoms with E-state index in [4.69, 9.17) is 10.00 Å². The van der Waals surface area contributed by atoms with E-state index in [9.17, 15) is 0 Å². The third kappa shape index (κ3) is 2.73. The highest BCUT2D eigenvalue weighted by Crippen LogP contribution is 2.27. The Balaban J connectivity index is 2.00. The number of rotatable bonds is 3. The van der Waals surface area contributed by atoms with E-state index in [1.165, 1.54) is 10.8 Å². The first kappa shape index (κ1) is 13.2. The van der Waals surface area contributed by atoms with Gasteiger partial charge in [0.15, 0.2) is 0 Å². The lowest BCUT2D eigenvalue weighted by atomic mass is 10.0. The van der Waals surface area contributed by atoms with Gasteiger partial charge in [0.05, 0.1) is 18.2 Å². The van der Waals surface area contributed by atoms with Gasteiger partial charge < -0.3 is 4.74 Å². The Morgan fingerprint density at radius 2 is 1.52 bits per heavy atom. The number of hydrogen-bond acceptors (Lipinski definition) is 2. The molecule has 0 heterocycles. The van der Waals surface area contributed by atoms with Crippen LogP contribution in [0.4, 0.5) is 0 Å². The maximum atomic E-state index is 8.85. The molecule has 0 aromatic heterocycles. The molecule has 0 unspecified atom stereocenters. The Kier molecular flexibility index (Phi) is 3.57. The molecule has 3 aromatic carbocycles. The summed E-state index contributed by atoms with van der Waals surface area (Å²) in [4.78, 5) is 0. The SMILES string of the molecule is CCOc1ccc2cc(-c3ccc(C#N)cc3)ccc2c1. The van der Waals surface area contributed by atoms with Crippen LogP contribution in [0, 0.1) is 11.3 Å². The number of benzene rings is 3. The van der Waals surface area contributed by atoms with E-state index in [0.717, 1.165) is 16.9 Å². The topological polar surface area (TPSA) is 33.0 Å². The molecule has 2 heteroatoms. The van der Waals surface area contributed by atoms with E-state index in [-0.39, 0.29) is 0 Å². The number of nitrogens with zero attached hydrogens (tertiary/aromatic N) is 1. The van der Waals surface area contributed by atoms with E-state index >= 15 is 0 Å². The minimum atomic E-state index is 0.675. The third-order valence-electron chi connectivity index (χ3n) is 3.47. The Morgan fingerprint density at radius 1 is 0.857 bits per heavy atom.